The molecule has 1 atom stereocenters. The van der Waals surface area contributed by atoms with Crippen molar-refractivity contribution >= 4 is 17.6 Å². The standard InChI is InChI=1S/C19H21N3O3/c1-12(2)17(18(20)24)22-19(25)14-9-6-10-21-15(14)11-16(23)13-7-4-3-5-8-13/h3-10,12,17H,11H2,1-2H3,(H2,20,24)(H,22,25)/t17-/m1/s1. The molecule has 0 unspecified atom stereocenters. The molecular weight excluding hydrogens is 318 g/mol. The van der Waals surface area contributed by atoms with Crippen molar-refractivity contribution in [1.82, 2.24) is 10.3 Å². The zero-order chi connectivity index (χ0) is 18.4. The zero-order valence-electron chi connectivity index (χ0n) is 14.2. The van der Waals surface area contributed by atoms with Crippen LogP contribution in [0.1, 0.15) is 40.3 Å². The van der Waals surface area contributed by atoms with Gasteiger partial charge in [-0.05, 0) is 18.1 Å². The quantitative estimate of drug-likeness (QED) is 0.750. The van der Waals surface area contributed by atoms with Crippen LogP contribution in [0.4, 0.5) is 0 Å². The fraction of sp³-hybridized carbons (Fsp3) is 0.263. The molecule has 3 N–H and O–H groups in total. The predicted octanol–water partition coefficient (Wildman–Crippen LogP) is 1.75. The fourth-order valence-electron chi connectivity index (χ4n) is 2.45. The maximum absolute atomic E-state index is 12.5. The van der Waals surface area contributed by atoms with Crippen LogP contribution in [0.5, 0.6) is 0 Å². The van der Waals surface area contributed by atoms with E-state index >= 15 is 0 Å². The molecule has 0 radical (unpaired) electrons. The summed E-state index contributed by atoms with van der Waals surface area (Å²) in [5.41, 5.74) is 6.51. The topological polar surface area (TPSA) is 102 Å². The first-order chi connectivity index (χ1) is 11.9. The van der Waals surface area contributed by atoms with Crippen LogP contribution < -0.4 is 11.1 Å². The van der Waals surface area contributed by atoms with Gasteiger partial charge in [-0.15, -0.1) is 0 Å². The second-order valence-electron chi connectivity index (χ2n) is 6.06. The minimum absolute atomic E-state index is 0.00345. The van der Waals surface area contributed by atoms with Crippen LogP contribution in [-0.4, -0.2) is 28.6 Å². The van der Waals surface area contributed by atoms with Gasteiger partial charge in [0.2, 0.25) is 5.91 Å². The van der Waals surface area contributed by atoms with Gasteiger partial charge in [0.25, 0.3) is 5.91 Å². The van der Waals surface area contributed by atoms with Crippen LogP contribution in [0, 0.1) is 5.92 Å². The summed E-state index contributed by atoms with van der Waals surface area (Å²) in [4.78, 5) is 40.6. The van der Waals surface area contributed by atoms with Crippen LogP contribution in [0.25, 0.3) is 0 Å². The summed E-state index contributed by atoms with van der Waals surface area (Å²) in [6, 6.07) is 11.2. The van der Waals surface area contributed by atoms with Crippen molar-refractivity contribution in [1.29, 1.82) is 0 Å². The van der Waals surface area contributed by atoms with E-state index in [0.29, 0.717) is 11.3 Å². The molecule has 1 aromatic heterocycles. The number of nitrogens with one attached hydrogen (secondary N) is 1. The van der Waals surface area contributed by atoms with Gasteiger partial charge in [-0.3, -0.25) is 19.4 Å². The highest BCUT2D eigenvalue weighted by Gasteiger charge is 2.24. The van der Waals surface area contributed by atoms with E-state index in [1.165, 1.54) is 6.20 Å². The largest absolute Gasteiger partial charge is 0.368 e. The molecule has 0 spiro atoms. The van der Waals surface area contributed by atoms with E-state index < -0.39 is 17.9 Å². The molecule has 6 heteroatoms. The van der Waals surface area contributed by atoms with Gasteiger partial charge < -0.3 is 11.1 Å². The molecule has 0 fully saturated rings. The molecule has 1 heterocycles. The summed E-state index contributed by atoms with van der Waals surface area (Å²) in [6.07, 6.45) is 1.52. The van der Waals surface area contributed by atoms with Gasteiger partial charge in [0.1, 0.15) is 6.04 Å². The molecular formula is C19H21N3O3. The van der Waals surface area contributed by atoms with E-state index in [2.05, 4.69) is 10.3 Å². The molecule has 25 heavy (non-hydrogen) atoms. The Kier molecular flexibility index (Phi) is 6.00. The number of nitrogens with zero attached hydrogens (tertiary/aromatic N) is 1. The maximum Gasteiger partial charge on any atom is 0.253 e. The van der Waals surface area contributed by atoms with E-state index in [-0.39, 0.29) is 23.7 Å². The summed E-state index contributed by atoms with van der Waals surface area (Å²) in [5, 5.41) is 2.62. The molecule has 0 saturated heterocycles. The van der Waals surface area contributed by atoms with Gasteiger partial charge in [-0.25, -0.2) is 0 Å². The summed E-state index contributed by atoms with van der Waals surface area (Å²) < 4.78 is 0. The average molecular weight is 339 g/mol. The van der Waals surface area contributed by atoms with Gasteiger partial charge in [0.05, 0.1) is 17.7 Å². The Bertz CT molecular complexity index is 772. The second kappa shape index (κ2) is 8.19. The van der Waals surface area contributed by atoms with Gasteiger partial charge in [0, 0.05) is 11.8 Å². The number of pyridine rings is 1. The highest BCUT2D eigenvalue weighted by molar-refractivity contribution is 6.01. The van der Waals surface area contributed by atoms with E-state index in [0.717, 1.165) is 0 Å². The van der Waals surface area contributed by atoms with Crippen molar-refractivity contribution in [2.75, 3.05) is 0 Å². The molecule has 0 aliphatic heterocycles. The third-order valence-corrected chi connectivity index (χ3v) is 3.82. The monoisotopic (exact) mass is 339 g/mol. The molecule has 1 aromatic carbocycles. The molecule has 2 amide bonds. The first kappa shape index (κ1) is 18.3. The number of aromatic nitrogens is 1. The van der Waals surface area contributed by atoms with Crippen molar-refractivity contribution in [2.45, 2.75) is 26.3 Å². The number of rotatable bonds is 7. The number of amides is 2. The van der Waals surface area contributed by atoms with Gasteiger partial charge in [0.15, 0.2) is 5.78 Å². The number of hydrogen-bond donors (Lipinski definition) is 2. The van der Waals surface area contributed by atoms with Crippen LogP contribution in [0.15, 0.2) is 48.7 Å². The number of hydrogen-bond acceptors (Lipinski definition) is 4. The lowest BCUT2D eigenvalue weighted by Gasteiger charge is -2.19. The lowest BCUT2D eigenvalue weighted by atomic mass is 10.0. The van der Waals surface area contributed by atoms with E-state index in [9.17, 15) is 14.4 Å². The number of carbonyl (C=O) groups excluding carboxylic acids is 3. The molecule has 6 nitrogen and oxygen atoms in total. The normalized spacial score (nSPS) is 11.8. The van der Waals surface area contributed by atoms with Crippen LogP contribution in [0.2, 0.25) is 0 Å². The summed E-state index contributed by atoms with van der Waals surface area (Å²) in [6.45, 7) is 3.58. The molecule has 0 aliphatic rings. The van der Waals surface area contributed by atoms with Gasteiger partial charge >= 0.3 is 0 Å². The van der Waals surface area contributed by atoms with Crippen molar-refractivity contribution in [3.8, 4) is 0 Å². The van der Waals surface area contributed by atoms with E-state index in [1.54, 1.807) is 50.2 Å². The lowest BCUT2D eigenvalue weighted by Crippen LogP contribution is -2.47. The van der Waals surface area contributed by atoms with Crippen molar-refractivity contribution < 1.29 is 14.4 Å². The predicted molar refractivity (Wildman–Crippen MR) is 94.0 cm³/mol. The van der Waals surface area contributed by atoms with E-state index in [1.807, 2.05) is 6.07 Å². The molecule has 0 bridgehead atoms. The number of Topliss-reactive ketones (excluding diaryl/α,β-unsaturated/α-hetero) is 1. The van der Waals surface area contributed by atoms with E-state index in [4.69, 9.17) is 5.73 Å². The number of benzene rings is 1. The Morgan fingerprint density at radius 1 is 1.08 bits per heavy atom. The summed E-state index contributed by atoms with van der Waals surface area (Å²) >= 11 is 0. The Morgan fingerprint density at radius 3 is 2.36 bits per heavy atom. The number of nitrogens with two attached hydrogens (primary N) is 1. The Hall–Kier alpha value is -3.02. The zero-order valence-corrected chi connectivity index (χ0v) is 14.2. The number of ketones is 1. The van der Waals surface area contributed by atoms with Crippen LogP contribution >= 0.6 is 0 Å². The van der Waals surface area contributed by atoms with Crippen LogP contribution in [-0.2, 0) is 11.2 Å². The Balaban J connectivity index is 2.21. The number of carbonyl (C=O) groups is 3. The third-order valence-electron chi connectivity index (χ3n) is 3.82. The Morgan fingerprint density at radius 2 is 1.76 bits per heavy atom. The molecule has 130 valence electrons. The minimum Gasteiger partial charge on any atom is -0.368 e. The smallest absolute Gasteiger partial charge is 0.253 e. The van der Waals surface area contributed by atoms with Gasteiger partial charge in [-0.2, -0.15) is 0 Å². The fourth-order valence-corrected chi connectivity index (χ4v) is 2.45. The maximum atomic E-state index is 12.5. The highest BCUT2D eigenvalue weighted by Crippen LogP contribution is 2.12. The SMILES string of the molecule is CC(C)[C@@H](NC(=O)c1cccnc1CC(=O)c1ccccc1)C(N)=O. The summed E-state index contributed by atoms with van der Waals surface area (Å²) in [7, 11) is 0. The third kappa shape index (κ3) is 4.73. The second-order valence-corrected chi connectivity index (χ2v) is 6.06. The first-order valence-corrected chi connectivity index (χ1v) is 8.02. The molecule has 2 rings (SSSR count). The van der Waals surface area contributed by atoms with Crippen molar-refractivity contribution in [3.05, 3.63) is 65.5 Å². The minimum atomic E-state index is -0.787. The Labute approximate surface area is 146 Å². The molecule has 2 aromatic rings. The lowest BCUT2D eigenvalue weighted by molar-refractivity contribution is -0.120. The van der Waals surface area contributed by atoms with Gasteiger partial charge in [-0.1, -0.05) is 44.2 Å². The number of primary amides is 1. The molecule has 0 saturated carbocycles. The van der Waals surface area contributed by atoms with Crippen molar-refractivity contribution in [3.63, 3.8) is 0 Å². The molecule has 0 aliphatic carbocycles. The summed E-state index contributed by atoms with van der Waals surface area (Å²) in [5.74, 6) is -1.35. The van der Waals surface area contributed by atoms with Crippen LogP contribution in [0.3, 0.4) is 0 Å². The average Bonchev–Trinajstić information content (AvgIpc) is 2.60. The van der Waals surface area contributed by atoms with Crippen molar-refractivity contribution in [2.24, 2.45) is 11.7 Å². The highest BCUT2D eigenvalue weighted by atomic mass is 16.2. The first-order valence-electron chi connectivity index (χ1n) is 8.02.